The normalized spacial score (nSPS) is 11.3. The van der Waals surface area contributed by atoms with Gasteiger partial charge in [-0.15, -0.1) is 0 Å². The fraction of sp³-hybridized carbons (Fsp3) is 0.0833. The van der Waals surface area contributed by atoms with E-state index >= 15 is 0 Å². The zero-order valence-corrected chi connectivity index (χ0v) is 19.3. The van der Waals surface area contributed by atoms with Gasteiger partial charge in [0.15, 0.2) is 11.4 Å². The number of hydrogen-bond acceptors (Lipinski definition) is 7. The molecule has 35 heavy (non-hydrogen) atoms. The molecule has 0 fully saturated rings. The van der Waals surface area contributed by atoms with Crippen LogP contribution in [0.5, 0.6) is 0 Å². The summed E-state index contributed by atoms with van der Waals surface area (Å²) in [6, 6.07) is 12.6. The van der Waals surface area contributed by atoms with Gasteiger partial charge in [-0.05, 0) is 30.3 Å². The average molecular weight is 493 g/mol. The van der Waals surface area contributed by atoms with Crippen LogP contribution in [0.25, 0.3) is 22.3 Å². The summed E-state index contributed by atoms with van der Waals surface area (Å²) in [4.78, 5) is 20.1. The average Bonchev–Trinajstić information content (AvgIpc) is 3.24. The second kappa shape index (κ2) is 9.47. The number of carbonyl (C=O) groups excluding carboxylic acids is 1. The van der Waals surface area contributed by atoms with Gasteiger partial charge in [0.1, 0.15) is 23.7 Å². The third kappa shape index (κ3) is 4.53. The van der Waals surface area contributed by atoms with Gasteiger partial charge < -0.3 is 5.73 Å². The number of ketones is 1. The Morgan fingerprint density at radius 1 is 1.14 bits per heavy atom. The van der Waals surface area contributed by atoms with Gasteiger partial charge in [-0.25, -0.2) is 27.5 Å². The molecule has 0 unspecified atom stereocenters. The molecule has 4 aromatic rings. The van der Waals surface area contributed by atoms with Gasteiger partial charge >= 0.3 is 0 Å². The predicted octanol–water partition coefficient (Wildman–Crippen LogP) is 3.56. The minimum absolute atomic E-state index is 0.0135. The van der Waals surface area contributed by atoms with Crippen LogP contribution in [-0.2, 0) is 16.6 Å². The molecule has 0 saturated carbocycles. The van der Waals surface area contributed by atoms with E-state index in [0.717, 1.165) is 11.5 Å². The van der Waals surface area contributed by atoms with Crippen molar-refractivity contribution in [3.63, 3.8) is 0 Å². The highest BCUT2D eigenvalue weighted by molar-refractivity contribution is 7.95. The SMILES string of the molecule is C=CC(=O)c1ccc(-c2nn(CCN(c3ccccc3)S(=O)(=O)C=C)c3ncnc(N)c23)cc1F. The van der Waals surface area contributed by atoms with Crippen LogP contribution in [0.15, 0.2) is 79.5 Å². The number of benzene rings is 2. The number of nitrogen functional groups attached to an aromatic ring is 1. The molecule has 0 bridgehead atoms. The van der Waals surface area contributed by atoms with Gasteiger partial charge in [0.05, 0.1) is 29.7 Å². The van der Waals surface area contributed by atoms with E-state index in [4.69, 9.17) is 5.73 Å². The Labute approximate surface area is 201 Å². The maximum Gasteiger partial charge on any atom is 0.256 e. The standard InChI is InChI=1S/C24H21FN6O3S/c1-3-20(32)18-11-10-16(14-19(18)25)22-21-23(26)27-15-28-24(21)30(29-22)12-13-31(35(33,34)4-2)17-8-6-5-7-9-17/h3-11,14-15H,1-2,12-13H2,(H2,26,27,28). The molecule has 0 aliphatic rings. The van der Waals surface area contributed by atoms with Gasteiger partial charge in [0.25, 0.3) is 10.0 Å². The lowest BCUT2D eigenvalue weighted by atomic mass is 10.0. The third-order valence-electron chi connectivity index (χ3n) is 5.33. The predicted molar refractivity (Wildman–Crippen MR) is 133 cm³/mol. The first-order valence-corrected chi connectivity index (χ1v) is 11.9. The number of nitrogens with zero attached hydrogens (tertiary/aromatic N) is 5. The van der Waals surface area contributed by atoms with Gasteiger partial charge in [-0.2, -0.15) is 5.10 Å². The number of nitrogens with two attached hydrogens (primary N) is 1. The zero-order valence-electron chi connectivity index (χ0n) is 18.5. The topological polar surface area (TPSA) is 124 Å². The van der Waals surface area contributed by atoms with Gasteiger partial charge in [-0.3, -0.25) is 9.10 Å². The van der Waals surface area contributed by atoms with E-state index in [1.807, 2.05) is 0 Å². The quantitative estimate of drug-likeness (QED) is 0.280. The first-order chi connectivity index (χ1) is 16.8. The number of halogens is 1. The number of fused-ring (bicyclic) bond motifs is 1. The number of allylic oxidation sites excluding steroid dienone is 1. The molecule has 0 radical (unpaired) electrons. The number of hydrogen-bond donors (Lipinski definition) is 1. The van der Waals surface area contributed by atoms with Crippen LogP contribution in [0.4, 0.5) is 15.9 Å². The van der Waals surface area contributed by atoms with E-state index in [2.05, 4.69) is 28.2 Å². The van der Waals surface area contributed by atoms with Gasteiger partial charge in [0, 0.05) is 11.0 Å². The summed E-state index contributed by atoms with van der Waals surface area (Å²) in [6.07, 6.45) is 2.30. The summed E-state index contributed by atoms with van der Waals surface area (Å²) in [7, 11) is -3.80. The van der Waals surface area contributed by atoms with E-state index < -0.39 is 21.6 Å². The Balaban J connectivity index is 1.77. The fourth-order valence-electron chi connectivity index (χ4n) is 3.63. The Kier molecular flexibility index (Phi) is 6.43. The van der Waals surface area contributed by atoms with Gasteiger partial charge in [0.2, 0.25) is 0 Å². The molecule has 2 N–H and O–H groups in total. The lowest BCUT2D eigenvalue weighted by molar-refractivity contribution is 0.104. The van der Waals surface area contributed by atoms with E-state index in [9.17, 15) is 17.6 Å². The third-order valence-corrected chi connectivity index (χ3v) is 6.76. The summed E-state index contributed by atoms with van der Waals surface area (Å²) in [6.45, 7) is 6.91. The Bertz CT molecular complexity index is 1550. The molecular weight excluding hydrogens is 471 g/mol. The van der Waals surface area contributed by atoms with Gasteiger partial charge in [-0.1, -0.05) is 37.4 Å². The highest BCUT2D eigenvalue weighted by Gasteiger charge is 2.22. The van der Waals surface area contributed by atoms with Crippen molar-refractivity contribution in [2.45, 2.75) is 6.54 Å². The molecule has 9 nitrogen and oxygen atoms in total. The van der Waals surface area contributed by atoms with Crippen LogP contribution < -0.4 is 10.0 Å². The Hall–Kier alpha value is -4.38. The number of para-hydroxylation sites is 1. The molecule has 0 spiro atoms. The maximum absolute atomic E-state index is 14.6. The minimum Gasteiger partial charge on any atom is -0.383 e. The Morgan fingerprint density at radius 2 is 1.89 bits per heavy atom. The first-order valence-electron chi connectivity index (χ1n) is 10.4. The second-order valence-electron chi connectivity index (χ2n) is 7.41. The van der Waals surface area contributed by atoms with E-state index in [0.29, 0.717) is 28.0 Å². The summed E-state index contributed by atoms with van der Waals surface area (Å²) < 4.78 is 42.7. The molecule has 4 rings (SSSR count). The van der Waals surface area contributed by atoms with E-state index in [-0.39, 0.29) is 24.5 Å². The first kappa shape index (κ1) is 23.8. The lowest BCUT2D eigenvalue weighted by Crippen LogP contribution is -2.32. The number of sulfonamides is 1. The molecule has 2 heterocycles. The smallest absolute Gasteiger partial charge is 0.256 e. The molecule has 2 aromatic heterocycles. The highest BCUT2D eigenvalue weighted by atomic mass is 32.2. The summed E-state index contributed by atoms with van der Waals surface area (Å²) in [5.41, 5.74) is 7.44. The molecule has 0 aliphatic heterocycles. The molecule has 0 aliphatic carbocycles. The molecule has 0 atom stereocenters. The number of anilines is 2. The van der Waals surface area contributed by atoms with Crippen molar-refractivity contribution in [1.82, 2.24) is 19.7 Å². The maximum atomic E-state index is 14.6. The van der Waals surface area contributed by atoms with Crippen molar-refractivity contribution >= 4 is 38.3 Å². The van der Waals surface area contributed by atoms with E-state index in [1.165, 1.54) is 33.5 Å². The fourth-order valence-corrected chi connectivity index (χ4v) is 4.57. The molecule has 2 aromatic carbocycles. The summed E-state index contributed by atoms with van der Waals surface area (Å²) in [5.74, 6) is -1.16. The highest BCUT2D eigenvalue weighted by Crippen LogP contribution is 2.31. The van der Waals surface area contributed by atoms with E-state index in [1.54, 1.807) is 30.3 Å². The summed E-state index contributed by atoms with van der Waals surface area (Å²) >= 11 is 0. The molecule has 0 amide bonds. The number of carbonyl (C=O) groups is 1. The number of rotatable bonds is 9. The summed E-state index contributed by atoms with van der Waals surface area (Å²) in [5, 5.41) is 5.80. The molecule has 11 heteroatoms. The van der Waals surface area contributed by atoms with Crippen molar-refractivity contribution in [3.05, 3.63) is 90.9 Å². The monoisotopic (exact) mass is 492 g/mol. The molecule has 178 valence electrons. The lowest BCUT2D eigenvalue weighted by Gasteiger charge is -2.22. The van der Waals surface area contributed by atoms with Crippen molar-refractivity contribution in [2.24, 2.45) is 0 Å². The van der Waals surface area contributed by atoms with Crippen LogP contribution in [0.2, 0.25) is 0 Å². The molecule has 0 saturated heterocycles. The van der Waals surface area contributed by atoms with Crippen molar-refractivity contribution in [3.8, 4) is 11.3 Å². The molecular formula is C24H21FN6O3S. The Morgan fingerprint density at radius 3 is 2.54 bits per heavy atom. The minimum atomic E-state index is -3.80. The van der Waals surface area contributed by atoms with Crippen LogP contribution in [0.3, 0.4) is 0 Å². The second-order valence-corrected chi connectivity index (χ2v) is 9.22. The number of aromatic nitrogens is 4. The van der Waals surface area contributed by atoms with Crippen LogP contribution in [0.1, 0.15) is 10.4 Å². The van der Waals surface area contributed by atoms with Crippen molar-refractivity contribution in [1.29, 1.82) is 0 Å². The zero-order chi connectivity index (χ0) is 25.2. The van der Waals surface area contributed by atoms with Crippen LogP contribution in [-0.4, -0.2) is 40.5 Å². The van der Waals surface area contributed by atoms with Crippen molar-refractivity contribution in [2.75, 3.05) is 16.6 Å². The van der Waals surface area contributed by atoms with Crippen LogP contribution >= 0.6 is 0 Å². The largest absolute Gasteiger partial charge is 0.383 e. The van der Waals surface area contributed by atoms with Crippen LogP contribution in [0, 0.1) is 5.82 Å². The van der Waals surface area contributed by atoms with Crippen molar-refractivity contribution < 1.29 is 17.6 Å².